The number of hydrogen-bond donors (Lipinski definition) is 1. The molecular weight excluding hydrogens is 140 g/mol. The van der Waals surface area contributed by atoms with Gasteiger partial charge in [0, 0.05) is 0 Å². The van der Waals surface area contributed by atoms with E-state index in [-0.39, 0.29) is 10.8 Å². The summed E-state index contributed by atoms with van der Waals surface area (Å²) in [5, 5.41) is 8.98. The highest BCUT2D eigenvalue weighted by Crippen LogP contribution is 2.77. The monoisotopic (exact) mass is 156 g/mol. The number of carboxylic acids is 1. The van der Waals surface area contributed by atoms with Crippen molar-refractivity contribution < 1.29 is 9.90 Å². The summed E-state index contributed by atoms with van der Waals surface area (Å²) in [4.78, 5) is 10.9. The molecule has 1 aliphatic carbocycles. The molecule has 0 bridgehead atoms. The molecule has 0 aromatic carbocycles. The van der Waals surface area contributed by atoms with Crippen LogP contribution < -0.4 is 0 Å². The Morgan fingerprint density at radius 3 is 1.27 bits per heavy atom. The van der Waals surface area contributed by atoms with E-state index in [0.717, 1.165) is 0 Å². The van der Waals surface area contributed by atoms with Gasteiger partial charge in [0.2, 0.25) is 0 Å². The maximum absolute atomic E-state index is 10.9. The lowest BCUT2D eigenvalue weighted by Crippen LogP contribution is -2.18. The average molecular weight is 156 g/mol. The molecule has 1 N–H and O–H groups in total. The minimum absolute atomic E-state index is 0.0775. The Morgan fingerprint density at radius 2 is 1.27 bits per heavy atom. The first-order valence-electron chi connectivity index (χ1n) is 3.93. The summed E-state index contributed by atoms with van der Waals surface area (Å²) in [6.07, 6.45) is 0. The van der Waals surface area contributed by atoms with Gasteiger partial charge in [-0.25, -0.2) is 0 Å². The molecule has 0 aromatic rings. The van der Waals surface area contributed by atoms with E-state index >= 15 is 0 Å². The van der Waals surface area contributed by atoms with Crippen molar-refractivity contribution in [3.05, 3.63) is 0 Å². The molecule has 64 valence electrons. The van der Waals surface area contributed by atoms with Gasteiger partial charge in [0.05, 0.1) is 5.41 Å². The average Bonchev–Trinajstić information content (AvgIpc) is 2.11. The van der Waals surface area contributed by atoms with Crippen LogP contribution in [-0.4, -0.2) is 11.1 Å². The molecule has 0 aromatic heterocycles. The molecule has 2 nitrogen and oxygen atoms in total. The summed E-state index contributed by atoms with van der Waals surface area (Å²) in [6, 6.07) is 0. The number of hydrogen-bond acceptors (Lipinski definition) is 1. The predicted molar refractivity (Wildman–Crippen MR) is 43.3 cm³/mol. The molecule has 1 rings (SSSR count). The molecule has 0 unspecified atom stereocenters. The summed E-state index contributed by atoms with van der Waals surface area (Å²) >= 11 is 0. The molecular formula is C9H16O2. The Morgan fingerprint density at radius 1 is 1.00 bits per heavy atom. The second kappa shape index (κ2) is 1.62. The third kappa shape index (κ3) is 0.569. The van der Waals surface area contributed by atoms with Gasteiger partial charge in [0.15, 0.2) is 0 Å². The van der Waals surface area contributed by atoms with Crippen LogP contribution in [0.2, 0.25) is 0 Å². The molecule has 0 atom stereocenters. The third-order valence-corrected chi connectivity index (χ3v) is 4.43. The molecule has 1 fully saturated rings. The van der Waals surface area contributed by atoms with Gasteiger partial charge in [-0.2, -0.15) is 0 Å². The zero-order chi connectivity index (χ0) is 9.08. The van der Waals surface area contributed by atoms with E-state index < -0.39 is 11.4 Å². The molecule has 0 radical (unpaired) electrons. The smallest absolute Gasteiger partial charge is 0.310 e. The lowest BCUT2D eigenvalue weighted by Gasteiger charge is -2.07. The number of carbonyl (C=O) groups is 1. The fourth-order valence-electron chi connectivity index (χ4n) is 2.13. The van der Waals surface area contributed by atoms with Crippen molar-refractivity contribution in [1.82, 2.24) is 0 Å². The minimum Gasteiger partial charge on any atom is -0.481 e. The first-order chi connectivity index (χ1) is 4.69. The second-order valence-electron chi connectivity index (χ2n) is 4.68. The normalized spacial score (nSPS) is 29.5. The Bertz CT molecular complexity index is 200. The highest BCUT2D eigenvalue weighted by molar-refractivity contribution is 5.81. The Balaban J connectivity index is 3.06. The summed E-state index contributed by atoms with van der Waals surface area (Å²) in [5.74, 6) is -0.674. The quantitative estimate of drug-likeness (QED) is 0.631. The molecule has 0 saturated heterocycles. The summed E-state index contributed by atoms with van der Waals surface area (Å²) in [6.45, 7) is 9.89. The maximum atomic E-state index is 10.9. The van der Waals surface area contributed by atoms with Crippen LogP contribution in [0.3, 0.4) is 0 Å². The van der Waals surface area contributed by atoms with Crippen LogP contribution in [0.15, 0.2) is 0 Å². The highest BCUT2D eigenvalue weighted by atomic mass is 16.4. The van der Waals surface area contributed by atoms with Crippen molar-refractivity contribution in [2.24, 2.45) is 16.2 Å². The van der Waals surface area contributed by atoms with Gasteiger partial charge < -0.3 is 5.11 Å². The van der Waals surface area contributed by atoms with Gasteiger partial charge in [0.1, 0.15) is 0 Å². The molecule has 0 aliphatic heterocycles. The van der Waals surface area contributed by atoms with Crippen molar-refractivity contribution in [3.63, 3.8) is 0 Å². The Labute approximate surface area is 67.6 Å². The Kier molecular flexibility index (Phi) is 1.26. The van der Waals surface area contributed by atoms with Crippen molar-refractivity contribution in [2.75, 3.05) is 0 Å². The Hall–Kier alpha value is -0.530. The van der Waals surface area contributed by atoms with Gasteiger partial charge in [-0.05, 0) is 17.8 Å². The first kappa shape index (κ1) is 8.57. The van der Waals surface area contributed by atoms with Crippen LogP contribution >= 0.6 is 0 Å². The topological polar surface area (TPSA) is 37.3 Å². The van der Waals surface area contributed by atoms with Gasteiger partial charge in [-0.1, -0.05) is 27.7 Å². The van der Waals surface area contributed by atoms with Gasteiger partial charge in [-0.3, -0.25) is 4.79 Å². The van der Waals surface area contributed by atoms with E-state index in [1.807, 2.05) is 34.6 Å². The van der Waals surface area contributed by atoms with Crippen LogP contribution in [0.25, 0.3) is 0 Å². The zero-order valence-corrected chi connectivity index (χ0v) is 7.86. The standard InChI is InChI=1S/C9H16O2/c1-7(2)8(3,4)9(7,5)6(10)11/h1-5H3,(H,10,11). The van der Waals surface area contributed by atoms with E-state index in [0.29, 0.717) is 0 Å². The lowest BCUT2D eigenvalue weighted by atomic mass is 9.98. The highest BCUT2D eigenvalue weighted by Gasteiger charge is 2.78. The predicted octanol–water partition coefficient (Wildman–Crippen LogP) is 2.14. The van der Waals surface area contributed by atoms with Crippen molar-refractivity contribution in [1.29, 1.82) is 0 Å². The maximum Gasteiger partial charge on any atom is 0.310 e. The molecule has 11 heavy (non-hydrogen) atoms. The molecule has 0 amide bonds. The van der Waals surface area contributed by atoms with Crippen LogP contribution in [-0.2, 0) is 4.79 Å². The molecule has 1 saturated carbocycles. The number of rotatable bonds is 1. The van der Waals surface area contributed by atoms with Crippen LogP contribution in [0, 0.1) is 16.2 Å². The minimum atomic E-state index is -0.674. The lowest BCUT2D eigenvalue weighted by molar-refractivity contribution is -0.144. The van der Waals surface area contributed by atoms with Crippen molar-refractivity contribution in [2.45, 2.75) is 34.6 Å². The van der Waals surface area contributed by atoms with Gasteiger partial charge >= 0.3 is 5.97 Å². The van der Waals surface area contributed by atoms with E-state index in [9.17, 15) is 4.79 Å². The van der Waals surface area contributed by atoms with E-state index in [2.05, 4.69) is 0 Å². The zero-order valence-electron chi connectivity index (χ0n) is 7.86. The van der Waals surface area contributed by atoms with Crippen molar-refractivity contribution in [3.8, 4) is 0 Å². The van der Waals surface area contributed by atoms with Crippen LogP contribution in [0.4, 0.5) is 0 Å². The molecule has 0 heterocycles. The summed E-state index contributed by atoms with van der Waals surface area (Å²) in [7, 11) is 0. The molecule has 1 aliphatic rings. The fraction of sp³-hybridized carbons (Fsp3) is 0.889. The summed E-state index contributed by atoms with van der Waals surface area (Å²) in [5.41, 5.74) is -0.697. The van der Waals surface area contributed by atoms with Gasteiger partial charge in [0.25, 0.3) is 0 Å². The van der Waals surface area contributed by atoms with Crippen molar-refractivity contribution >= 4 is 5.97 Å². The number of carboxylic acid groups (broad SMARTS) is 1. The molecule has 0 spiro atoms. The van der Waals surface area contributed by atoms with Gasteiger partial charge in [-0.15, -0.1) is 0 Å². The summed E-state index contributed by atoms with van der Waals surface area (Å²) < 4.78 is 0. The fourth-order valence-corrected chi connectivity index (χ4v) is 2.13. The van der Waals surface area contributed by atoms with Crippen LogP contribution in [0.1, 0.15) is 34.6 Å². The van der Waals surface area contributed by atoms with Crippen LogP contribution in [0.5, 0.6) is 0 Å². The molecule has 2 heteroatoms. The second-order valence-corrected chi connectivity index (χ2v) is 4.68. The third-order valence-electron chi connectivity index (χ3n) is 4.43. The van der Waals surface area contributed by atoms with E-state index in [1.165, 1.54) is 0 Å². The first-order valence-corrected chi connectivity index (χ1v) is 3.93. The number of aliphatic carboxylic acids is 1. The SMILES string of the molecule is CC1(C)C(C)(C)C1(C)C(=O)O. The van der Waals surface area contributed by atoms with E-state index in [1.54, 1.807) is 0 Å². The van der Waals surface area contributed by atoms with E-state index in [4.69, 9.17) is 5.11 Å². The largest absolute Gasteiger partial charge is 0.481 e.